The molecule has 4 nitrogen and oxygen atoms in total. The summed E-state index contributed by atoms with van der Waals surface area (Å²) < 4.78 is 39.9. The van der Waals surface area contributed by atoms with Crippen LogP contribution in [0.4, 0.5) is 10.1 Å². The van der Waals surface area contributed by atoms with Gasteiger partial charge in [0, 0.05) is 0 Å². The van der Waals surface area contributed by atoms with Gasteiger partial charge in [-0.05, 0) is 42.3 Å². The maximum absolute atomic E-state index is 13.6. The van der Waals surface area contributed by atoms with Crippen molar-refractivity contribution in [2.45, 2.75) is 12.7 Å². The lowest BCUT2D eigenvalue weighted by molar-refractivity contribution is 0.598. The van der Waals surface area contributed by atoms with E-state index < -0.39 is 15.8 Å². The lowest BCUT2D eigenvalue weighted by atomic mass is 10.2. The minimum atomic E-state index is -3.72. The topological polar surface area (TPSA) is 70.0 Å². The third-order valence-corrected chi connectivity index (χ3v) is 4.07. The molecular weight excluding hydrogens is 291 g/mol. The Bertz CT molecular complexity index is 793. The van der Waals surface area contributed by atoms with Crippen LogP contribution in [-0.4, -0.2) is 8.42 Å². The second kappa shape index (κ2) is 5.94. The highest BCUT2D eigenvalue weighted by Crippen LogP contribution is 2.18. The van der Waals surface area contributed by atoms with Gasteiger partial charge < -0.3 is 0 Å². The molecule has 0 atom stereocenters. The van der Waals surface area contributed by atoms with Crippen LogP contribution in [0, 0.1) is 24.1 Å². The molecule has 0 aliphatic heterocycles. The van der Waals surface area contributed by atoms with Gasteiger partial charge in [0.25, 0.3) is 0 Å². The van der Waals surface area contributed by atoms with Gasteiger partial charge in [0.2, 0.25) is 10.0 Å². The molecule has 0 fully saturated rings. The Kier molecular flexibility index (Phi) is 4.24. The summed E-state index contributed by atoms with van der Waals surface area (Å²) in [4.78, 5) is 0. The Labute approximate surface area is 122 Å². The molecule has 1 N–H and O–H groups in total. The summed E-state index contributed by atoms with van der Waals surface area (Å²) >= 11 is 0. The minimum Gasteiger partial charge on any atom is -0.280 e. The van der Waals surface area contributed by atoms with E-state index in [-0.39, 0.29) is 11.4 Å². The molecule has 0 unspecified atom stereocenters. The van der Waals surface area contributed by atoms with Crippen molar-refractivity contribution in [3.8, 4) is 6.07 Å². The molecular formula is C15H13FN2O2S. The van der Waals surface area contributed by atoms with E-state index in [9.17, 15) is 12.8 Å². The quantitative estimate of drug-likeness (QED) is 0.944. The number of halogens is 1. The number of nitrogens with zero attached hydrogens (tertiary/aromatic N) is 1. The lowest BCUT2D eigenvalue weighted by Gasteiger charge is -2.09. The third-order valence-electron chi connectivity index (χ3n) is 2.83. The van der Waals surface area contributed by atoms with Crippen molar-refractivity contribution in [2.24, 2.45) is 0 Å². The summed E-state index contributed by atoms with van der Waals surface area (Å²) in [5.74, 6) is -0.907. The minimum absolute atomic E-state index is 0.0661. The first-order valence-corrected chi connectivity index (χ1v) is 7.80. The van der Waals surface area contributed by atoms with Crippen molar-refractivity contribution in [3.05, 3.63) is 65.0 Å². The smallest absolute Gasteiger partial charge is 0.237 e. The van der Waals surface area contributed by atoms with Gasteiger partial charge in [-0.1, -0.05) is 18.2 Å². The van der Waals surface area contributed by atoms with Crippen molar-refractivity contribution in [1.82, 2.24) is 0 Å². The van der Waals surface area contributed by atoms with E-state index in [4.69, 9.17) is 5.26 Å². The molecule has 108 valence electrons. The van der Waals surface area contributed by atoms with E-state index in [0.717, 1.165) is 5.56 Å². The standard InChI is InChI=1S/C15H13FN2O2S/c1-11-2-7-14(16)15(8-11)18-21(19,20)10-13-5-3-12(9-17)4-6-13/h2-8,18H,10H2,1H3. The Morgan fingerprint density at radius 2 is 1.86 bits per heavy atom. The molecule has 0 spiro atoms. The van der Waals surface area contributed by atoms with Crippen molar-refractivity contribution in [1.29, 1.82) is 5.26 Å². The number of hydrogen-bond donors (Lipinski definition) is 1. The van der Waals surface area contributed by atoms with Crippen LogP contribution in [0.1, 0.15) is 16.7 Å². The van der Waals surface area contributed by atoms with Crippen molar-refractivity contribution < 1.29 is 12.8 Å². The van der Waals surface area contributed by atoms with Crippen LogP contribution in [0.15, 0.2) is 42.5 Å². The van der Waals surface area contributed by atoms with E-state index in [0.29, 0.717) is 11.1 Å². The lowest BCUT2D eigenvalue weighted by Crippen LogP contribution is -2.16. The molecule has 2 aromatic rings. The molecule has 0 bridgehead atoms. The summed E-state index contributed by atoms with van der Waals surface area (Å²) in [6.45, 7) is 1.75. The highest BCUT2D eigenvalue weighted by molar-refractivity contribution is 7.91. The van der Waals surface area contributed by atoms with Gasteiger partial charge in [0.15, 0.2) is 0 Å². The van der Waals surface area contributed by atoms with Crippen LogP contribution >= 0.6 is 0 Å². The number of anilines is 1. The summed E-state index contributed by atoms with van der Waals surface area (Å²) in [5, 5.41) is 8.69. The second-order valence-corrected chi connectivity index (χ2v) is 6.38. The molecule has 0 aliphatic rings. The number of sulfonamides is 1. The van der Waals surface area contributed by atoms with Gasteiger partial charge >= 0.3 is 0 Å². The molecule has 0 radical (unpaired) electrons. The van der Waals surface area contributed by atoms with E-state index in [1.807, 2.05) is 6.07 Å². The van der Waals surface area contributed by atoms with Crippen molar-refractivity contribution >= 4 is 15.7 Å². The SMILES string of the molecule is Cc1ccc(F)c(NS(=O)(=O)Cc2ccc(C#N)cc2)c1. The maximum atomic E-state index is 13.6. The molecule has 0 aromatic heterocycles. The Hall–Kier alpha value is -2.39. The number of rotatable bonds is 4. The highest BCUT2D eigenvalue weighted by atomic mass is 32.2. The zero-order chi connectivity index (χ0) is 15.5. The second-order valence-electron chi connectivity index (χ2n) is 4.65. The Morgan fingerprint density at radius 3 is 2.48 bits per heavy atom. The number of benzene rings is 2. The van der Waals surface area contributed by atoms with E-state index in [1.165, 1.54) is 24.3 Å². The van der Waals surface area contributed by atoms with Gasteiger partial charge in [-0.15, -0.1) is 0 Å². The molecule has 6 heteroatoms. The van der Waals surface area contributed by atoms with Crippen molar-refractivity contribution in [2.75, 3.05) is 4.72 Å². The van der Waals surface area contributed by atoms with Gasteiger partial charge in [-0.3, -0.25) is 4.72 Å². The van der Waals surface area contributed by atoms with Crippen LogP contribution in [0.25, 0.3) is 0 Å². The van der Waals surface area contributed by atoms with E-state index >= 15 is 0 Å². The summed E-state index contributed by atoms with van der Waals surface area (Å²) in [5.41, 5.74) is 1.67. The van der Waals surface area contributed by atoms with Crippen LogP contribution < -0.4 is 4.72 Å². The fraction of sp³-hybridized carbons (Fsp3) is 0.133. The Balaban J connectivity index is 2.18. The third kappa shape index (κ3) is 4.04. The van der Waals surface area contributed by atoms with Gasteiger partial charge in [0.1, 0.15) is 5.82 Å². The zero-order valence-corrected chi connectivity index (χ0v) is 12.1. The molecule has 0 saturated heterocycles. The zero-order valence-electron chi connectivity index (χ0n) is 11.3. The molecule has 0 aliphatic carbocycles. The largest absolute Gasteiger partial charge is 0.280 e. The average Bonchev–Trinajstić information content (AvgIpc) is 2.43. The van der Waals surface area contributed by atoms with Crippen LogP contribution in [0.3, 0.4) is 0 Å². The first-order valence-electron chi connectivity index (χ1n) is 6.15. The number of hydrogen-bond acceptors (Lipinski definition) is 3. The Morgan fingerprint density at radius 1 is 1.19 bits per heavy atom. The van der Waals surface area contributed by atoms with Crippen molar-refractivity contribution in [3.63, 3.8) is 0 Å². The molecule has 0 heterocycles. The van der Waals surface area contributed by atoms with Crippen LogP contribution in [-0.2, 0) is 15.8 Å². The maximum Gasteiger partial charge on any atom is 0.237 e. The molecule has 2 rings (SSSR count). The average molecular weight is 304 g/mol. The fourth-order valence-corrected chi connectivity index (χ4v) is 3.01. The first kappa shape index (κ1) is 15.0. The molecule has 21 heavy (non-hydrogen) atoms. The predicted molar refractivity (Wildman–Crippen MR) is 78.5 cm³/mol. The van der Waals surface area contributed by atoms with Crippen LogP contribution in [0.5, 0.6) is 0 Å². The van der Waals surface area contributed by atoms with Gasteiger partial charge in [-0.2, -0.15) is 5.26 Å². The molecule has 2 aromatic carbocycles. The van der Waals surface area contributed by atoms with Gasteiger partial charge in [0.05, 0.1) is 23.1 Å². The predicted octanol–water partition coefficient (Wildman–Crippen LogP) is 2.95. The fourth-order valence-electron chi connectivity index (χ4n) is 1.82. The summed E-state index contributed by atoms with van der Waals surface area (Å²) in [6, 6.07) is 12.4. The normalized spacial score (nSPS) is 10.9. The van der Waals surface area contributed by atoms with Crippen LogP contribution in [0.2, 0.25) is 0 Å². The monoisotopic (exact) mass is 304 g/mol. The number of nitriles is 1. The highest BCUT2D eigenvalue weighted by Gasteiger charge is 2.14. The summed E-state index contributed by atoms with van der Waals surface area (Å²) in [7, 11) is -3.72. The molecule has 0 amide bonds. The number of aryl methyl sites for hydroxylation is 1. The summed E-state index contributed by atoms with van der Waals surface area (Å²) in [6.07, 6.45) is 0. The van der Waals surface area contributed by atoms with Gasteiger partial charge in [-0.25, -0.2) is 12.8 Å². The van der Waals surface area contributed by atoms with E-state index in [1.54, 1.807) is 25.1 Å². The number of nitrogens with one attached hydrogen (secondary N) is 1. The first-order chi connectivity index (χ1) is 9.89. The molecule has 0 saturated carbocycles. The van der Waals surface area contributed by atoms with E-state index in [2.05, 4.69) is 4.72 Å².